The number of rotatable bonds is 2. The third-order valence-electron chi connectivity index (χ3n) is 3.99. The van der Waals surface area contributed by atoms with Gasteiger partial charge in [0, 0.05) is 11.0 Å². The van der Waals surface area contributed by atoms with Gasteiger partial charge in [-0.2, -0.15) is 22.0 Å². The Bertz CT molecular complexity index is 499. The second-order valence-electron chi connectivity index (χ2n) is 6.09. The average Bonchev–Trinajstić information content (AvgIpc) is 2.32. The van der Waals surface area contributed by atoms with E-state index in [4.69, 9.17) is 0 Å². The number of hydrogen-bond donors (Lipinski definition) is 1. The summed E-state index contributed by atoms with van der Waals surface area (Å²) in [4.78, 5) is 11.6. The molecule has 0 aromatic heterocycles. The van der Waals surface area contributed by atoms with Gasteiger partial charge >= 0.3 is 23.9 Å². The summed E-state index contributed by atoms with van der Waals surface area (Å²) < 4.78 is 76.4. The highest BCUT2D eigenvalue weighted by Crippen LogP contribution is 2.58. The maximum absolute atomic E-state index is 14.5. The smallest absolute Gasteiger partial charge is 0.449 e. The molecule has 4 nitrogen and oxygen atoms in total. The molecule has 1 N–H and O–H groups in total. The molecule has 128 valence electrons. The Morgan fingerprint density at radius 3 is 2.09 bits per heavy atom. The molecule has 0 aliphatic carbocycles. The zero-order chi connectivity index (χ0) is 17.8. The molecule has 0 spiro atoms. The van der Waals surface area contributed by atoms with Crippen molar-refractivity contribution in [2.45, 2.75) is 51.2 Å². The first kappa shape index (κ1) is 18.8. The van der Waals surface area contributed by atoms with E-state index >= 15 is 0 Å². The lowest BCUT2D eigenvalue weighted by atomic mass is 9.68. The fraction of sp³-hybridized carbons (Fsp3) is 0.769. The summed E-state index contributed by atoms with van der Waals surface area (Å²) in [7, 11) is 0. The molecular formula is C13H17F5O4. The Morgan fingerprint density at radius 2 is 1.73 bits per heavy atom. The second kappa shape index (κ2) is 4.89. The fourth-order valence-electron chi connectivity index (χ4n) is 2.00. The van der Waals surface area contributed by atoms with Crippen LogP contribution in [0.3, 0.4) is 0 Å². The van der Waals surface area contributed by atoms with Crippen molar-refractivity contribution in [3.05, 3.63) is 12.2 Å². The van der Waals surface area contributed by atoms with E-state index in [0.717, 1.165) is 20.8 Å². The number of carbonyl (C=O) groups is 1. The van der Waals surface area contributed by atoms with E-state index < -0.39 is 41.5 Å². The molecule has 2 unspecified atom stereocenters. The predicted octanol–water partition coefficient (Wildman–Crippen LogP) is 2.81. The largest absolute Gasteiger partial charge is 0.449 e. The number of hydrogen-bond acceptors (Lipinski definition) is 4. The highest BCUT2D eigenvalue weighted by atomic mass is 19.4. The van der Waals surface area contributed by atoms with Gasteiger partial charge in [-0.3, -0.25) is 0 Å². The van der Waals surface area contributed by atoms with Crippen molar-refractivity contribution in [1.82, 2.24) is 0 Å². The van der Waals surface area contributed by atoms with Crippen LogP contribution in [0.25, 0.3) is 0 Å². The lowest BCUT2D eigenvalue weighted by molar-refractivity contribution is -0.486. The summed E-state index contributed by atoms with van der Waals surface area (Å²) >= 11 is 0. The van der Waals surface area contributed by atoms with E-state index in [1.807, 2.05) is 0 Å². The first-order valence-electron chi connectivity index (χ1n) is 6.23. The zero-order valence-electron chi connectivity index (χ0n) is 12.5. The topological polar surface area (TPSA) is 55.8 Å². The quantitative estimate of drug-likeness (QED) is 0.480. The van der Waals surface area contributed by atoms with Gasteiger partial charge in [0.1, 0.15) is 0 Å². The minimum absolute atomic E-state index is 0.269. The molecule has 0 aromatic rings. The molecule has 0 amide bonds. The monoisotopic (exact) mass is 332 g/mol. The van der Waals surface area contributed by atoms with Crippen molar-refractivity contribution in [2.24, 2.45) is 5.41 Å². The first-order chi connectivity index (χ1) is 9.53. The van der Waals surface area contributed by atoms with Crippen molar-refractivity contribution in [2.75, 3.05) is 6.61 Å². The van der Waals surface area contributed by atoms with Gasteiger partial charge in [0.05, 0.1) is 6.61 Å². The maximum Gasteiger partial charge on any atom is 0.449 e. The molecule has 1 saturated heterocycles. The molecule has 1 heterocycles. The Balaban J connectivity index is 3.48. The lowest BCUT2D eigenvalue weighted by Crippen LogP contribution is -2.77. The van der Waals surface area contributed by atoms with Crippen LogP contribution in [0, 0.1) is 5.41 Å². The van der Waals surface area contributed by atoms with Gasteiger partial charge < -0.3 is 14.6 Å². The van der Waals surface area contributed by atoms with Crippen LogP contribution in [-0.2, 0) is 14.3 Å². The number of alkyl halides is 5. The van der Waals surface area contributed by atoms with E-state index in [-0.39, 0.29) is 5.57 Å². The Kier molecular flexibility index (Phi) is 4.18. The van der Waals surface area contributed by atoms with Crippen LogP contribution in [-0.4, -0.2) is 41.2 Å². The van der Waals surface area contributed by atoms with Crippen LogP contribution in [0.5, 0.6) is 0 Å². The number of aliphatic hydroxyl groups is 1. The van der Waals surface area contributed by atoms with Gasteiger partial charge in [-0.25, -0.2) is 4.79 Å². The highest BCUT2D eigenvalue weighted by molar-refractivity contribution is 5.87. The summed E-state index contributed by atoms with van der Waals surface area (Å²) in [5.74, 6) is -11.0. The molecule has 1 aliphatic rings. The van der Waals surface area contributed by atoms with Gasteiger partial charge in [0.25, 0.3) is 0 Å². The zero-order valence-corrected chi connectivity index (χ0v) is 12.5. The molecular weight excluding hydrogens is 315 g/mol. The molecule has 0 saturated carbocycles. The molecule has 2 atom stereocenters. The van der Waals surface area contributed by atoms with Crippen LogP contribution in [0.4, 0.5) is 22.0 Å². The molecule has 1 fully saturated rings. The maximum atomic E-state index is 14.5. The van der Waals surface area contributed by atoms with Crippen molar-refractivity contribution in [3.8, 4) is 0 Å². The Morgan fingerprint density at radius 1 is 1.27 bits per heavy atom. The highest BCUT2D eigenvalue weighted by Gasteiger charge is 2.83. The molecule has 9 heteroatoms. The SMILES string of the molecule is C=C(C)C(=O)OC1(C)C(C)(C)COC(O)(C(F)(F)F)C1(F)F. The summed E-state index contributed by atoms with van der Waals surface area (Å²) in [6.45, 7) is 6.37. The van der Waals surface area contributed by atoms with Crippen molar-refractivity contribution < 1.29 is 41.3 Å². The summed E-state index contributed by atoms with van der Waals surface area (Å²) in [6.07, 6.45) is -5.79. The minimum Gasteiger partial charge on any atom is -0.449 e. The van der Waals surface area contributed by atoms with Crippen LogP contribution < -0.4 is 0 Å². The number of esters is 1. The van der Waals surface area contributed by atoms with E-state index in [0.29, 0.717) is 6.92 Å². The first-order valence-corrected chi connectivity index (χ1v) is 6.23. The number of halogens is 5. The van der Waals surface area contributed by atoms with Crippen LogP contribution in [0.15, 0.2) is 12.2 Å². The molecule has 0 aromatic carbocycles. The summed E-state index contributed by atoms with van der Waals surface area (Å²) in [5, 5.41) is 9.44. The fourth-order valence-corrected chi connectivity index (χ4v) is 2.00. The molecule has 1 rings (SSSR count). The van der Waals surface area contributed by atoms with Gasteiger partial charge in [-0.15, -0.1) is 0 Å². The van der Waals surface area contributed by atoms with E-state index in [1.54, 1.807) is 0 Å². The van der Waals surface area contributed by atoms with Crippen molar-refractivity contribution in [1.29, 1.82) is 0 Å². The lowest BCUT2D eigenvalue weighted by Gasteiger charge is -2.56. The van der Waals surface area contributed by atoms with Gasteiger partial charge in [-0.05, 0) is 13.8 Å². The minimum atomic E-state index is -5.79. The van der Waals surface area contributed by atoms with Crippen LogP contribution in [0.2, 0.25) is 0 Å². The second-order valence-corrected chi connectivity index (χ2v) is 6.09. The Labute approximate surface area is 123 Å². The Hall–Kier alpha value is -1.22. The summed E-state index contributed by atoms with van der Waals surface area (Å²) in [5.41, 5.74) is -4.95. The van der Waals surface area contributed by atoms with Crippen LogP contribution >= 0.6 is 0 Å². The summed E-state index contributed by atoms with van der Waals surface area (Å²) in [6, 6.07) is 0. The van der Waals surface area contributed by atoms with E-state index in [9.17, 15) is 31.9 Å². The standard InChI is InChI=1S/C13H17F5O4/c1-7(2)8(19)22-10(5)9(3,4)6-21-12(20,11(10,14)15)13(16,17)18/h20H,1,6H2,2-5H3. The van der Waals surface area contributed by atoms with Crippen LogP contribution in [0.1, 0.15) is 27.7 Å². The molecule has 0 bridgehead atoms. The van der Waals surface area contributed by atoms with Crippen molar-refractivity contribution >= 4 is 5.97 Å². The predicted molar refractivity (Wildman–Crippen MR) is 65.0 cm³/mol. The van der Waals surface area contributed by atoms with Gasteiger partial charge in [0.2, 0.25) is 0 Å². The van der Waals surface area contributed by atoms with E-state index in [2.05, 4.69) is 16.1 Å². The average molecular weight is 332 g/mol. The van der Waals surface area contributed by atoms with Crippen molar-refractivity contribution in [3.63, 3.8) is 0 Å². The van der Waals surface area contributed by atoms with E-state index in [1.165, 1.54) is 0 Å². The normalized spacial score (nSPS) is 34.1. The number of ether oxygens (including phenoxy) is 2. The van der Waals surface area contributed by atoms with Gasteiger partial charge in [-0.1, -0.05) is 20.4 Å². The van der Waals surface area contributed by atoms with Gasteiger partial charge in [0.15, 0.2) is 5.60 Å². The third-order valence-corrected chi connectivity index (χ3v) is 3.99. The molecule has 22 heavy (non-hydrogen) atoms. The molecule has 0 radical (unpaired) electrons. The third kappa shape index (κ3) is 2.30. The number of carbonyl (C=O) groups excluding carboxylic acids is 1. The molecule has 1 aliphatic heterocycles.